The monoisotopic (exact) mass is 458 g/mol. The predicted octanol–water partition coefficient (Wildman–Crippen LogP) is 5.14. The summed E-state index contributed by atoms with van der Waals surface area (Å²) < 4.78 is 53.3. The number of hydrogen-bond donors (Lipinski definition) is 2. The van der Waals surface area contributed by atoms with Gasteiger partial charge >= 0.3 is 6.18 Å². The van der Waals surface area contributed by atoms with Gasteiger partial charge in [-0.3, -0.25) is 4.79 Å². The third-order valence-corrected chi connectivity index (χ3v) is 5.85. The van der Waals surface area contributed by atoms with Crippen LogP contribution in [0.4, 0.5) is 24.7 Å². The van der Waals surface area contributed by atoms with Gasteiger partial charge in [0.25, 0.3) is 5.91 Å². The van der Waals surface area contributed by atoms with Gasteiger partial charge in [0.05, 0.1) is 6.04 Å². The lowest BCUT2D eigenvalue weighted by Gasteiger charge is -2.33. The Morgan fingerprint density at radius 3 is 2.67 bits per heavy atom. The molecule has 3 aromatic rings. The van der Waals surface area contributed by atoms with Crippen LogP contribution in [-0.2, 0) is 0 Å². The van der Waals surface area contributed by atoms with Gasteiger partial charge in [-0.2, -0.15) is 18.3 Å². The summed E-state index contributed by atoms with van der Waals surface area (Å²) in [6, 6.07) is 9.38. The number of anilines is 2. The summed E-state index contributed by atoms with van der Waals surface area (Å²) in [6.07, 6.45) is -4.82. The quantitative estimate of drug-likeness (QED) is 0.568. The van der Waals surface area contributed by atoms with Crippen LogP contribution in [0, 0.1) is 13.8 Å². The van der Waals surface area contributed by atoms with E-state index < -0.39 is 24.2 Å². The number of amides is 1. The fourth-order valence-corrected chi connectivity index (χ4v) is 4.17. The Morgan fingerprint density at radius 1 is 1.12 bits per heavy atom. The summed E-state index contributed by atoms with van der Waals surface area (Å²) in [7, 11) is 0. The highest BCUT2D eigenvalue weighted by atomic mass is 19.4. The zero-order valence-electron chi connectivity index (χ0n) is 17.9. The molecule has 2 atom stereocenters. The highest BCUT2D eigenvalue weighted by Gasteiger charge is 2.47. The lowest BCUT2D eigenvalue weighted by molar-refractivity contribution is -0.173. The first kappa shape index (κ1) is 21.2. The molecule has 2 aliphatic heterocycles. The van der Waals surface area contributed by atoms with Gasteiger partial charge < -0.3 is 20.1 Å². The molecular weight excluding hydrogens is 437 g/mol. The van der Waals surface area contributed by atoms with E-state index >= 15 is 0 Å². The van der Waals surface area contributed by atoms with Gasteiger partial charge in [-0.15, -0.1) is 0 Å². The van der Waals surface area contributed by atoms with E-state index in [0.717, 1.165) is 15.8 Å². The second-order valence-electron chi connectivity index (χ2n) is 8.23. The van der Waals surface area contributed by atoms with Crippen LogP contribution in [0.15, 0.2) is 42.5 Å². The van der Waals surface area contributed by atoms with Crippen LogP contribution in [0.5, 0.6) is 11.5 Å². The summed E-state index contributed by atoms with van der Waals surface area (Å²) >= 11 is 0. The molecule has 1 amide bonds. The molecule has 0 fully saturated rings. The second-order valence-corrected chi connectivity index (χ2v) is 8.23. The first-order valence-corrected chi connectivity index (χ1v) is 10.4. The fraction of sp³-hybridized carbons (Fsp3) is 0.304. The third-order valence-electron chi connectivity index (χ3n) is 5.85. The smallest absolute Gasteiger partial charge is 0.410 e. The normalized spacial score (nSPS) is 19.1. The minimum atomic E-state index is -4.54. The van der Waals surface area contributed by atoms with Crippen molar-refractivity contribution in [3.8, 4) is 11.5 Å². The molecule has 3 heterocycles. The van der Waals surface area contributed by atoms with Crippen molar-refractivity contribution >= 4 is 17.4 Å². The molecule has 0 spiro atoms. The molecule has 10 heteroatoms. The molecule has 0 saturated carbocycles. The van der Waals surface area contributed by atoms with Crippen molar-refractivity contribution in [2.45, 2.75) is 38.5 Å². The highest BCUT2D eigenvalue weighted by molar-refractivity contribution is 6.03. The van der Waals surface area contributed by atoms with Gasteiger partial charge in [-0.25, -0.2) is 4.68 Å². The number of hydrogen-bond acceptors (Lipinski definition) is 5. The van der Waals surface area contributed by atoms with Gasteiger partial charge in [-0.1, -0.05) is 23.8 Å². The molecule has 7 nitrogen and oxygen atoms in total. The molecule has 2 aliphatic rings. The zero-order chi connectivity index (χ0) is 23.3. The Hall–Kier alpha value is -3.69. The predicted molar refractivity (Wildman–Crippen MR) is 115 cm³/mol. The second kappa shape index (κ2) is 7.72. The molecule has 2 aromatic carbocycles. The van der Waals surface area contributed by atoms with Crippen LogP contribution in [0.1, 0.15) is 45.7 Å². The minimum Gasteiger partial charge on any atom is -0.454 e. The summed E-state index contributed by atoms with van der Waals surface area (Å²) in [5, 5.41) is 9.83. The maximum Gasteiger partial charge on any atom is 0.410 e. The molecule has 172 valence electrons. The molecule has 2 N–H and O–H groups in total. The molecule has 0 aliphatic carbocycles. The van der Waals surface area contributed by atoms with Crippen molar-refractivity contribution in [3.63, 3.8) is 0 Å². The van der Waals surface area contributed by atoms with E-state index in [1.165, 1.54) is 6.07 Å². The number of halogens is 3. The van der Waals surface area contributed by atoms with E-state index in [4.69, 9.17) is 9.47 Å². The molecule has 33 heavy (non-hydrogen) atoms. The number of carbonyl (C=O) groups excluding carboxylic acids is 1. The topological polar surface area (TPSA) is 77.4 Å². The number of nitrogens with zero attached hydrogens (tertiary/aromatic N) is 2. The van der Waals surface area contributed by atoms with Gasteiger partial charge in [0.15, 0.2) is 23.2 Å². The molecule has 0 bridgehead atoms. The van der Waals surface area contributed by atoms with Gasteiger partial charge in [0.1, 0.15) is 5.82 Å². The fourth-order valence-electron chi connectivity index (χ4n) is 4.17. The van der Waals surface area contributed by atoms with Crippen molar-refractivity contribution in [3.05, 3.63) is 64.8 Å². The van der Waals surface area contributed by atoms with Crippen LogP contribution in [-0.4, -0.2) is 28.7 Å². The average molecular weight is 458 g/mol. The number of aryl methyl sites for hydroxylation is 2. The van der Waals surface area contributed by atoms with E-state index in [1.807, 2.05) is 26.0 Å². The van der Waals surface area contributed by atoms with E-state index in [1.54, 1.807) is 24.3 Å². The van der Waals surface area contributed by atoms with Gasteiger partial charge in [0.2, 0.25) is 6.79 Å². The first-order valence-electron chi connectivity index (χ1n) is 10.4. The Labute approximate surface area is 187 Å². The largest absolute Gasteiger partial charge is 0.454 e. The van der Waals surface area contributed by atoms with Crippen molar-refractivity contribution in [2.75, 3.05) is 17.4 Å². The van der Waals surface area contributed by atoms with E-state index in [0.29, 0.717) is 22.7 Å². The highest BCUT2D eigenvalue weighted by Crippen LogP contribution is 2.45. The van der Waals surface area contributed by atoms with Gasteiger partial charge in [0, 0.05) is 18.2 Å². The van der Waals surface area contributed by atoms with Gasteiger partial charge in [-0.05, 0) is 43.2 Å². The van der Waals surface area contributed by atoms with Crippen LogP contribution < -0.4 is 20.1 Å². The first-order chi connectivity index (χ1) is 15.7. The van der Waals surface area contributed by atoms with E-state index in [2.05, 4.69) is 15.7 Å². The minimum absolute atomic E-state index is 0.0771. The molecule has 0 unspecified atom stereocenters. The Balaban J connectivity index is 1.45. The van der Waals surface area contributed by atoms with Crippen molar-refractivity contribution in [1.82, 2.24) is 9.78 Å². The Morgan fingerprint density at radius 2 is 1.91 bits per heavy atom. The summed E-state index contributed by atoms with van der Waals surface area (Å²) in [4.78, 5) is 12.8. The molecule has 5 rings (SSSR count). The Bertz CT molecular complexity index is 1240. The number of rotatable bonds is 3. The van der Waals surface area contributed by atoms with Crippen molar-refractivity contribution in [2.24, 2.45) is 0 Å². The maximum atomic E-state index is 13.9. The summed E-state index contributed by atoms with van der Waals surface area (Å²) in [5.41, 5.74) is 2.99. The molecular formula is C23H21F3N4O3. The van der Waals surface area contributed by atoms with E-state index in [9.17, 15) is 18.0 Å². The number of nitrogens with one attached hydrogen (secondary N) is 2. The lowest BCUT2D eigenvalue weighted by Crippen LogP contribution is -2.35. The standard InChI is InChI=1S/C23H21F3N4O3/c1-12-3-5-15(13(2)7-12)28-22(31)17-10-21-27-16(9-20(23(24,25)26)30(21)29-17)14-4-6-18-19(8-14)33-11-32-18/h3-8,10,16,20,27H,9,11H2,1-2H3,(H,28,31)/t16-,20+/m1/s1. The van der Waals surface area contributed by atoms with Crippen molar-refractivity contribution < 1.29 is 27.4 Å². The molecule has 0 saturated heterocycles. The maximum absolute atomic E-state index is 13.9. The Kier molecular flexibility index (Phi) is 4.95. The van der Waals surface area contributed by atoms with Crippen molar-refractivity contribution in [1.29, 1.82) is 0 Å². The number of benzene rings is 2. The number of fused-ring (bicyclic) bond motifs is 2. The zero-order valence-corrected chi connectivity index (χ0v) is 17.9. The average Bonchev–Trinajstić information content (AvgIpc) is 3.40. The molecule has 1 aromatic heterocycles. The SMILES string of the molecule is Cc1ccc(NC(=O)c2cc3n(n2)[C@H](C(F)(F)F)C[C@H](c2ccc4c(c2)OCO4)N3)c(C)c1. The number of alkyl halides is 3. The molecule has 0 radical (unpaired) electrons. The third kappa shape index (κ3) is 3.96. The summed E-state index contributed by atoms with van der Waals surface area (Å²) in [6.45, 7) is 3.85. The number of carbonyl (C=O) groups is 1. The summed E-state index contributed by atoms with van der Waals surface area (Å²) in [5.74, 6) is 0.589. The van der Waals surface area contributed by atoms with Crippen LogP contribution in [0.3, 0.4) is 0 Å². The van der Waals surface area contributed by atoms with E-state index in [-0.39, 0.29) is 24.7 Å². The van der Waals surface area contributed by atoms with Crippen LogP contribution in [0.25, 0.3) is 0 Å². The number of ether oxygens (including phenoxy) is 2. The number of aromatic nitrogens is 2. The van der Waals surface area contributed by atoms with Crippen LogP contribution in [0.2, 0.25) is 0 Å². The lowest BCUT2D eigenvalue weighted by atomic mass is 9.96. The van der Waals surface area contributed by atoms with Crippen LogP contribution >= 0.6 is 0 Å².